The van der Waals surface area contributed by atoms with Gasteiger partial charge in [0.1, 0.15) is 5.75 Å². The van der Waals surface area contributed by atoms with E-state index in [1.165, 1.54) is 35.3 Å². The zero-order valence-corrected chi connectivity index (χ0v) is 18.9. The molecule has 0 spiro atoms. The van der Waals surface area contributed by atoms with E-state index in [0.717, 1.165) is 34.5 Å². The number of pyridine rings is 1. The van der Waals surface area contributed by atoms with Crippen molar-refractivity contribution in [3.8, 4) is 5.75 Å². The van der Waals surface area contributed by atoms with Crippen molar-refractivity contribution in [3.05, 3.63) is 83.2 Å². The highest BCUT2D eigenvalue weighted by atomic mass is 32.1. The number of hydrogen-bond acceptors (Lipinski definition) is 5. The fraction of sp³-hybridized carbons (Fsp3) is 0.269. The van der Waals surface area contributed by atoms with Gasteiger partial charge in [0.05, 0.1) is 29.1 Å². The number of amides is 1. The van der Waals surface area contributed by atoms with Crippen LogP contribution in [0.5, 0.6) is 5.75 Å². The van der Waals surface area contributed by atoms with E-state index in [2.05, 4.69) is 17.1 Å². The van der Waals surface area contributed by atoms with Crippen LogP contribution in [-0.4, -0.2) is 22.5 Å². The number of carbonyl (C=O) groups excluding carboxylic acids is 1. The fourth-order valence-corrected chi connectivity index (χ4v) is 5.16. The molecular weight excluding hydrogens is 418 g/mol. The molecule has 5 rings (SSSR count). The van der Waals surface area contributed by atoms with E-state index in [1.54, 1.807) is 11.1 Å². The van der Waals surface area contributed by atoms with Gasteiger partial charge < -0.3 is 4.74 Å². The second-order valence-corrected chi connectivity index (χ2v) is 8.97. The molecule has 0 radical (unpaired) electrons. The lowest BCUT2D eigenvalue weighted by Crippen LogP contribution is -2.31. The van der Waals surface area contributed by atoms with Crippen molar-refractivity contribution >= 4 is 32.6 Å². The summed E-state index contributed by atoms with van der Waals surface area (Å²) in [6.45, 7) is 2.95. The summed E-state index contributed by atoms with van der Waals surface area (Å²) in [6.07, 6.45) is 6.30. The second-order valence-electron chi connectivity index (χ2n) is 7.96. The van der Waals surface area contributed by atoms with Crippen LogP contribution in [0.4, 0.5) is 5.13 Å². The quantitative estimate of drug-likeness (QED) is 0.377. The maximum Gasteiger partial charge on any atom is 0.260 e. The van der Waals surface area contributed by atoms with E-state index < -0.39 is 0 Å². The number of ether oxygens (including phenoxy) is 1. The van der Waals surface area contributed by atoms with Gasteiger partial charge in [0.25, 0.3) is 5.91 Å². The third-order valence-electron chi connectivity index (χ3n) is 5.78. The predicted molar refractivity (Wildman–Crippen MR) is 129 cm³/mol. The Morgan fingerprint density at radius 3 is 2.75 bits per heavy atom. The van der Waals surface area contributed by atoms with Gasteiger partial charge >= 0.3 is 0 Å². The lowest BCUT2D eigenvalue weighted by atomic mass is 9.90. The minimum atomic E-state index is -0.0480. The van der Waals surface area contributed by atoms with E-state index in [-0.39, 0.29) is 5.91 Å². The van der Waals surface area contributed by atoms with Crippen molar-refractivity contribution in [1.29, 1.82) is 0 Å². The first-order valence-electron chi connectivity index (χ1n) is 11.1. The summed E-state index contributed by atoms with van der Waals surface area (Å²) < 4.78 is 6.63. The lowest BCUT2D eigenvalue weighted by Gasteiger charge is -2.21. The number of aromatic nitrogens is 2. The van der Waals surface area contributed by atoms with Crippen LogP contribution in [0.25, 0.3) is 10.2 Å². The van der Waals surface area contributed by atoms with Crippen LogP contribution in [0.15, 0.2) is 60.8 Å². The van der Waals surface area contributed by atoms with E-state index in [4.69, 9.17) is 9.72 Å². The van der Waals surface area contributed by atoms with Gasteiger partial charge in [0.2, 0.25) is 0 Å². The van der Waals surface area contributed by atoms with Crippen molar-refractivity contribution in [2.45, 2.75) is 39.2 Å². The average Bonchev–Trinajstić information content (AvgIpc) is 3.26. The molecule has 0 unspecified atom stereocenters. The Hall–Kier alpha value is -3.25. The highest BCUT2D eigenvalue weighted by Crippen LogP contribution is 2.33. The number of anilines is 1. The van der Waals surface area contributed by atoms with Crippen molar-refractivity contribution in [3.63, 3.8) is 0 Å². The van der Waals surface area contributed by atoms with Gasteiger partial charge in [0.15, 0.2) is 5.13 Å². The number of carbonyl (C=O) groups is 1. The highest BCUT2D eigenvalue weighted by Gasteiger charge is 2.23. The Bertz CT molecular complexity index is 1250. The van der Waals surface area contributed by atoms with E-state index >= 15 is 0 Å². The molecule has 0 saturated heterocycles. The summed E-state index contributed by atoms with van der Waals surface area (Å²) in [5.41, 5.74) is 5.06. The SMILES string of the molecule is CCOc1ccc2nc(N(Cc3ccccn3)C(=O)c3ccc4c(c3)CCCC4)sc2c1. The van der Waals surface area contributed by atoms with Gasteiger partial charge in [-0.15, -0.1) is 0 Å². The molecule has 0 N–H and O–H groups in total. The van der Waals surface area contributed by atoms with E-state index in [0.29, 0.717) is 23.8 Å². The molecule has 0 bridgehead atoms. The Labute approximate surface area is 191 Å². The molecule has 5 nitrogen and oxygen atoms in total. The first kappa shape index (κ1) is 20.6. The fourth-order valence-electron chi connectivity index (χ4n) is 4.17. The maximum atomic E-state index is 13.7. The van der Waals surface area contributed by atoms with Crippen molar-refractivity contribution in [2.75, 3.05) is 11.5 Å². The number of benzene rings is 2. The average molecular weight is 444 g/mol. The molecule has 0 saturated carbocycles. The van der Waals surface area contributed by atoms with Crippen LogP contribution < -0.4 is 9.64 Å². The third-order valence-corrected chi connectivity index (χ3v) is 6.82. The van der Waals surface area contributed by atoms with Crippen LogP contribution in [0.3, 0.4) is 0 Å². The van der Waals surface area contributed by atoms with Crippen LogP contribution in [0, 0.1) is 0 Å². The zero-order chi connectivity index (χ0) is 21.9. The molecule has 0 aliphatic heterocycles. The molecule has 1 aliphatic rings. The van der Waals surface area contributed by atoms with Crippen LogP contribution in [0.2, 0.25) is 0 Å². The highest BCUT2D eigenvalue weighted by molar-refractivity contribution is 7.22. The molecule has 162 valence electrons. The summed E-state index contributed by atoms with van der Waals surface area (Å²) in [7, 11) is 0. The molecule has 0 fully saturated rings. The summed E-state index contributed by atoms with van der Waals surface area (Å²) in [5.74, 6) is 0.764. The number of nitrogens with zero attached hydrogens (tertiary/aromatic N) is 3. The molecule has 0 atom stereocenters. The minimum Gasteiger partial charge on any atom is -0.494 e. The van der Waals surface area contributed by atoms with E-state index in [9.17, 15) is 4.79 Å². The van der Waals surface area contributed by atoms with Crippen molar-refractivity contribution in [2.24, 2.45) is 0 Å². The molecule has 2 aromatic carbocycles. The molecule has 6 heteroatoms. The van der Waals surface area contributed by atoms with Gasteiger partial charge in [-0.3, -0.25) is 14.7 Å². The molecule has 4 aromatic rings. The number of rotatable bonds is 6. The van der Waals surface area contributed by atoms with Crippen LogP contribution in [0.1, 0.15) is 46.9 Å². The van der Waals surface area contributed by atoms with Crippen LogP contribution in [-0.2, 0) is 19.4 Å². The number of hydrogen-bond donors (Lipinski definition) is 0. The first-order chi connectivity index (χ1) is 15.7. The second kappa shape index (κ2) is 9.09. The smallest absolute Gasteiger partial charge is 0.260 e. The summed E-state index contributed by atoms with van der Waals surface area (Å²) in [6, 6.07) is 17.8. The lowest BCUT2D eigenvalue weighted by molar-refractivity contribution is 0.0984. The topological polar surface area (TPSA) is 55.3 Å². The van der Waals surface area contributed by atoms with Gasteiger partial charge in [-0.25, -0.2) is 4.98 Å². The maximum absolute atomic E-state index is 13.7. The monoisotopic (exact) mass is 443 g/mol. The van der Waals surface area contributed by atoms with Crippen LogP contribution >= 0.6 is 11.3 Å². The summed E-state index contributed by atoms with van der Waals surface area (Å²) >= 11 is 1.50. The molecule has 2 heterocycles. The van der Waals surface area contributed by atoms with Crippen molar-refractivity contribution < 1.29 is 9.53 Å². The number of thiazole rings is 1. The first-order valence-corrected chi connectivity index (χ1v) is 11.9. The van der Waals surface area contributed by atoms with Gasteiger partial charge in [-0.05, 0) is 86.2 Å². The van der Waals surface area contributed by atoms with Gasteiger partial charge in [-0.1, -0.05) is 23.5 Å². The summed E-state index contributed by atoms with van der Waals surface area (Å²) in [4.78, 5) is 24.7. The minimum absolute atomic E-state index is 0.0480. The third kappa shape index (κ3) is 4.23. The Kier molecular flexibility index (Phi) is 5.86. The zero-order valence-electron chi connectivity index (χ0n) is 18.1. The predicted octanol–water partition coefficient (Wildman–Crippen LogP) is 5.82. The molecule has 2 aromatic heterocycles. The Morgan fingerprint density at radius 2 is 1.94 bits per heavy atom. The van der Waals surface area contributed by atoms with Gasteiger partial charge in [0, 0.05) is 11.8 Å². The Balaban J connectivity index is 1.53. The van der Waals surface area contributed by atoms with E-state index in [1.807, 2.05) is 49.4 Å². The molecule has 32 heavy (non-hydrogen) atoms. The molecular formula is C26H25N3O2S. The largest absolute Gasteiger partial charge is 0.494 e. The molecule has 1 amide bonds. The summed E-state index contributed by atoms with van der Waals surface area (Å²) in [5, 5.41) is 0.669. The number of aryl methyl sites for hydroxylation is 2. The van der Waals surface area contributed by atoms with Gasteiger partial charge in [-0.2, -0.15) is 0 Å². The number of fused-ring (bicyclic) bond motifs is 2. The Morgan fingerprint density at radius 1 is 1.06 bits per heavy atom. The standard InChI is InChI=1S/C26H25N3O2S/c1-2-31-22-12-13-23-24(16-22)32-26(28-23)29(17-21-9-5-6-14-27-21)25(30)20-11-10-18-7-3-4-8-19(18)15-20/h5-6,9-16H,2-4,7-8,17H2,1H3. The normalized spacial score (nSPS) is 13.0. The molecule has 1 aliphatic carbocycles. The van der Waals surface area contributed by atoms with Crippen molar-refractivity contribution in [1.82, 2.24) is 9.97 Å².